The van der Waals surface area contributed by atoms with Gasteiger partial charge in [0, 0.05) is 19.0 Å². The van der Waals surface area contributed by atoms with Crippen LogP contribution in [0.3, 0.4) is 0 Å². The number of hydrogen-bond donors (Lipinski definition) is 1. The smallest absolute Gasteiger partial charge is 0.335 e. The molecule has 3 fully saturated rings. The summed E-state index contributed by atoms with van der Waals surface area (Å²) in [6.07, 6.45) is 7.33. The van der Waals surface area contributed by atoms with Gasteiger partial charge in [-0.1, -0.05) is 5.92 Å². The number of aliphatic carboxylic acids is 1. The SMILES string of the molecule is C#C[C@@]12OC3(CCCC3)O[C@@H]1[C@@H](C(=O)O)O[C@H]2N1C=CC(=O)CC1=O. The minimum absolute atomic E-state index is 0.328. The van der Waals surface area contributed by atoms with Crippen molar-refractivity contribution in [2.24, 2.45) is 0 Å². The van der Waals surface area contributed by atoms with Crippen LogP contribution in [0.4, 0.5) is 0 Å². The molecule has 0 bridgehead atoms. The summed E-state index contributed by atoms with van der Waals surface area (Å²) in [6, 6.07) is 0. The Kier molecular flexibility index (Phi) is 3.51. The lowest BCUT2D eigenvalue weighted by Gasteiger charge is -2.36. The van der Waals surface area contributed by atoms with E-state index in [1.807, 2.05) is 0 Å². The van der Waals surface area contributed by atoms with Gasteiger partial charge in [-0.25, -0.2) is 4.79 Å². The molecule has 1 N–H and O–H groups in total. The topological polar surface area (TPSA) is 102 Å². The highest BCUT2D eigenvalue weighted by molar-refractivity contribution is 6.06. The lowest BCUT2D eigenvalue weighted by atomic mass is 9.94. The zero-order chi connectivity index (χ0) is 17.8. The number of fused-ring (bicyclic) bond motifs is 1. The molecule has 25 heavy (non-hydrogen) atoms. The van der Waals surface area contributed by atoms with Crippen LogP contribution < -0.4 is 0 Å². The van der Waals surface area contributed by atoms with Crippen molar-refractivity contribution in [2.75, 3.05) is 0 Å². The van der Waals surface area contributed by atoms with E-state index >= 15 is 0 Å². The van der Waals surface area contributed by atoms with E-state index in [0.29, 0.717) is 12.8 Å². The Hall–Kier alpha value is -2.21. The van der Waals surface area contributed by atoms with E-state index in [9.17, 15) is 19.5 Å². The van der Waals surface area contributed by atoms with Gasteiger partial charge >= 0.3 is 5.97 Å². The van der Waals surface area contributed by atoms with E-state index in [1.165, 1.54) is 12.3 Å². The highest BCUT2D eigenvalue weighted by Crippen LogP contribution is 2.53. The molecule has 1 spiro atoms. The first kappa shape index (κ1) is 16.3. The number of nitrogens with zero attached hydrogens (tertiary/aromatic N) is 1. The molecule has 0 unspecified atom stereocenters. The Balaban J connectivity index is 1.76. The van der Waals surface area contributed by atoms with Crippen LogP contribution in [0, 0.1) is 12.3 Å². The molecule has 4 rings (SSSR count). The summed E-state index contributed by atoms with van der Waals surface area (Å²) in [5, 5.41) is 9.52. The van der Waals surface area contributed by atoms with Gasteiger partial charge < -0.3 is 19.3 Å². The standard InChI is InChI=1S/C17H17NO7/c1-2-17-13(24-16(25-17)6-3-4-7-16)12(14(21)22)23-15(17)18-8-5-10(19)9-11(18)20/h1,5,8,12-13,15H,3-4,6-7,9H2,(H,21,22)/t12-,13+,15+,17+/m0/s1. The van der Waals surface area contributed by atoms with Gasteiger partial charge in [-0.2, -0.15) is 0 Å². The average Bonchev–Trinajstić information content (AvgIpc) is 3.22. The molecule has 0 aromatic heterocycles. The molecular formula is C17H17NO7. The summed E-state index contributed by atoms with van der Waals surface area (Å²) in [4.78, 5) is 36.5. The first-order valence-corrected chi connectivity index (χ1v) is 8.17. The van der Waals surface area contributed by atoms with E-state index in [-0.39, 0.29) is 12.2 Å². The second-order valence-corrected chi connectivity index (χ2v) is 6.70. The van der Waals surface area contributed by atoms with Gasteiger partial charge in [-0.3, -0.25) is 14.5 Å². The molecule has 0 aromatic rings. The van der Waals surface area contributed by atoms with Crippen molar-refractivity contribution >= 4 is 17.7 Å². The van der Waals surface area contributed by atoms with Crippen molar-refractivity contribution in [1.82, 2.24) is 4.90 Å². The molecule has 3 aliphatic heterocycles. The fourth-order valence-corrected chi connectivity index (χ4v) is 4.03. The number of rotatable bonds is 2. The van der Waals surface area contributed by atoms with Gasteiger partial charge in [0.2, 0.25) is 11.5 Å². The first-order valence-electron chi connectivity index (χ1n) is 8.17. The van der Waals surface area contributed by atoms with Crippen LogP contribution in [0.25, 0.3) is 0 Å². The monoisotopic (exact) mass is 347 g/mol. The quantitative estimate of drug-likeness (QED) is 0.561. The largest absolute Gasteiger partial charge is 0.479 e. The fourth-order valence-electron chi connectivity index (χ4n) is 4.03. The van der Waals surface area contributed by atoms with E-state index in [2.05, 4.69) is 5.92 Å². The molecule has 1 saturated carbocycles. The van der Waals surface area contributed by atoms with Gasteiger partial charge in [0.05, 0.1) is 6.42 Å². The maximum atomic E-state index is 12.3. The second kappa shape index (κ2) is 5.39. The highest BCUT2D eigenvalue weighted by atomic mass is 16.8. The third-order valence-corrected chi connectivity index (χ3v) is 5.16. The summed E-state index contributed by atoms with van der Waals surface area (Å²) in [6.45, 7) is 0. The molecule has 8 nitrogen and oxygen atoms in total. The Morgan fingerprint density at radius 1 is 1.36 bits per heavy atom. The number of amides is 1. The molecule has 8 heteroatoms. The van der Waals surface area contributed by atoms with Crippen LogP contribution in [-0.4, -0.2) is 57.5 Å². The van der Waals surface area contributed by atoms with Crippen LogP contribution in [-0.2, 0) is 28.6 Å². The molecule has 2 saturated heterocycles. The Morgan fingerprint density at radius 3 is 2.68 bits per heavy atom. The number of terminal acetylenes is 1. The third kappa shape index (κ3) is 2.24. The van der Waals surface area contributed by atoms with Gasteiger partial charge in [0.15, 0.2) is 23.9 Å². The number of carbonyl (C=O) groups is 3. The summed E-state index contributed by atoms with van der Waals surface area (Å²) in [5.41, 5.74) is -1.53. The fraction of sp³-hybridized carbons (Fsp3) is 0.588. The zero-order valence-electron chi connectivity index (χ0n) is 13.3. The van der Waals surface area contributed by atoms with E-state index in [0.717, 1.165) is 17.7 Å². The molecule has 1 aliphatic carbocycles. The average molecular weight is 347 g/mol. The van der Waals surface area contributed by atoms with Crippen LogP contribution in [0.15, 0.2) is 12.3 Å². The van der Waals surface area contributed by atoms with Gasteiger partial charge in [-0.05, 0) is 18.9 Å². The summed E-state index contributed by atoms with van der Waals surface area (Å²) in [5.74, 6) is -0.531. The third-order valence-electron chi connectivity index (χ3n) is 5.16. The van der Waals surface area contributed by atoms with E-state index in [4.69, 9.17) is 20.6 Å². The molecule has 3 heterocycles. The minimum Gasteiger partial charge on any atom is -0.479 e. The number of hydrogen-bond acceptors (Lipinski definition) is 6. The molecule has 4 aliphatic rings. The molecular weight excluding hydrogens is 330 g/mol. The van der Waals surface area contributed by atoms with Crippen LogP contribution in [0.1, 0.15) is 32.1 Å². The normalized spacial score (nSPS) is 39.0. The zero-order valence-corrected chi connectivity index (χ0v) is 13.3. The predicted molar refractivity (Wildman–Crippen MR) is 80.6 cm³/mol. The number of ketones is 1. The van der Waals surface area contributed by atoms with Gasteiger partial charge in [0.25, 0.3) is 0 Å². The van der Waals surface area contributed by atoms with Crippen molar-refractivity contribution in [3.63, 3.8) is 0 Å². The molecule has 132 valence electrons. The summed E-state index contributed by atoms with van der Waals surface area (Å²) < 4.78 is 17.7. The molecule has 0 aromatic carbocycles. The van der Waals surface area contributed by atoms with Crippen LogP contribution >= 0.6 is 0 Å². The van der Waals surface area contributed by atoms with Crippen molar-refractivity contribution in [3.05, 3.63) is 12.3 Å². The van der Waals surface area contributed by atoms with E-state index in [1.54, 1.807) is 0 Å². The van der Waals surface area contributed by atoms with Crippen molar-refractivity contribution in [1.29, 1.82) is 0 Å². The van der Waals surface area contributed by atoms with Gasteiger partial charge in [0.1, 0.15) is 6.10 Å². The summed E-state index contributed by atoms with van der Waals surface area (Å²) in [7, 11) is 0. The molecule has 4 atom stereocenters. The second-order valence-electron chi connectivity index (χ2n) is 6.70. The molecule has 1 amide bonds. The van der Waals surface area contributed by atoms with E-state index < -0.39 is 41.7 Å². The molecule has 0 radical (unpaired) electrons. The van der Waals surface area contributed by atoms with Crippen molar-refractivity contribution in [3.8, 4) is 12.3 Å². The highest BCUT2D eigenvalue weighted by Gasteiger charge is 2.71. The Labute approximate surface area is 143 Å². The Morgan fingerprint density at radius 2 is 2.08 bits per heavy atom. The van der Waals surface area contributed by atoms with Crippen LogP contribution in [0.2, 0.25) is 0 Å². The predicted octanol–water partition coefficient (Wildman–Crippen LogP) is 0.169. The van der Waals surface area contributed by atoms with Crippen molar-refractivity contribution < 1.29 is 33.7 Å². The minimum atomic E-state index is -1.53. The maximum absolute atomic E-state index is 12.3. The first-order chi connectivity index (χ1) is 11.9. The van der Waals surface area contributed by atoms with Gasteiger partial charge in [-0.15, -0.1) is 6.42 Å². The summed E-state index contributed by atoms with van der Waals surface area (Å²) >= 11 is 0. The number of allylic oxidation sites excluding steroid dienone is 1. The number of carbonyl (C=O) groups excluding carboxylic acids is 2. The maximum Gasteiger partial charge on any atom is 0.335 e. The number of ether oxygens (including phenoxy) is 3. The van der Waals surface area contributed by atoms with Crippen molar-refractivity contribution in [2.45, 2.75) is 61.9 Å². The lowest BCUT2D eigenvalue weighted by Crippen LogP contribution is -2.54. The number of carboxylic acid groups (broad SMARTS) is 1. The lowest BCUT2D eigenvalue weighted by molar-refractivity contribution is -0.229. The number of carboxylic acids is 1. The van der Waals surface area contributed by atoms with Crippen LogP contribution in [0.5, 0.6) is 0 Å². The Bertz CT molecular complexity index is 717.